The van der Waals surface area contributed by atoms with Crippen molar-refractivity contribution in [3.8, 4) is 0 Å². The highest BCUT2D eigenvalue weighted by atomic mass is 32.2. The van der Waals surface area contributed by atoms with Crippen LogP contribution in [0.3, 0.4) is 0 Å². The van der Waals surface area contributed by atoms with E-state index in [1.807, 2.05) is 24.3 Å². The summed E-state index contributed by atoms with van der Waals surface area (Å²) in [5.74, 6) is -0.00602. The summed E-state index contributed by atoms with van der Waals surface area (Å²) in [6.45, 7) is 0. The van der Waals surface area contributed by atoms with Crippen LogP contribution in [0.15, 0.2) is 52.9 Å². The van der Waals surface area contributed by atoms with Crippen LogP contribution in [0.2, 0.25) is 0 Å². The minimum atomic E-state index is -0.422. The first-order valence-electron chi connectivity index (χ1n) is 6.75. The fourth-order valence-electron chi connectivity index (χ4n) is 1.92. The summed E-state index contributed by atoms with van der Waals surface area (Å²) in [7, 11) is 0. The minimum absolute atomic E-state index is 0.196. The van der Waals surface area contributed by atoms with Crippen LogP contribution in [-0.4, -0.2) is 16.6 Å². The fraction of sp³-hybridized carbons (Fsp3) is 0.125. The number of benzene rings is 2. The van der Waals surface area contributed by atoms with Gasteiger partial charge in [-0.1, -0.05) is 36.0 Å². The smallest absolute Gasteiger partial charge is 0.225 e. The molecule has 0 aliphatic carbocycles. The number of hydrogen-bond donors (Lipinski definition) is 1. The lowest BCUT2D eigenvalue weighted by Gasteiger charge is -2.05. The highest BCUT2D eigenvalue weighted by Crippen LogP contribution is 2.29. The summed E-state index contributed by atoms with van der Waals surface area (Å²) in [5, 5.41) is 2.58. The van der Waals surface area contributed by atoms with Gasteiger partial charge in [-0.2, -0.15) is 0 Å². The van der Waals surface area contributed by atoms with Gasteiger partial charge in [-0.25, -0.2) is 9.37 Å². The maximum absolute atomic E-state index is 13.4. The molecule has 0 unspecified atom stereocenters. The Balaban J connectivity index is 1.52. The third-order valence-corrected chi connectivity index (χ3v) is 5.16. The number of nitrogens with zero attached hydrogens (tertiary/aromatic N) is 1. The van der Waals surface area contributed by atoms with Gasteiger partial charge in [-0.15, -0.1) is 11.3 Å². The predicted octanol–water partition coefficient (Wildman–Crippen LogP) is 4.56. The molecule has 1 amide bonds. The molecule has 1 N–H and O–H groups in total. The van der Waals surface area contributed by atoms with Crippen molar-refractivity contribution in [1.29, 1.82) is 0 Å². The lowest BCUT2D eigenvalue weighted by Crippen LogP contribution is -2.13. The van der Waals surface area contributed by atoms with Crippen molar-refractivity contribution in [2.24, 2.45) is 0 Å². The van der Waals surface area contributed by atoms with Crippen LogP contribution in [0.4, 0.5) is 10.1 Å². The number of rotatable bonds is 5. The Labute approximate surface area is 135 Å². The molecule has 3 nitrogen and oxygen atoms in total. The van der Waals surface area contributed by atoms with E-state index < -0.39 is 5.82 Å². The second-order valence-corrected chi connectivity index (χ2v) is 6.95. The zero-order valence-electron chi connectivity index (χ0n) is 11.6. The van der Waals surface area contributed by atoms with Crippen LogP contribution in [-0.2, 0) is 4.79 Å². The zero-order valence-corrected chi connectivity index (χ0v) is 13.2. The second kappa shape index (κ2) is 6.89. The Kier molecular flexibility index (Phi) is 4.70. The average molecular weight is 332 g/mol. The van der Waals surface area contributed by atoms with E-state index in [4.69, 9.17) is 0 Å². The molecule has 0 spiro atoms. The minimum Gasteiger partial charge on any atom is -0.324 e. The number of hydrogen-bond acceptors (Lipinski definition) is 4. The molecule has 6 heteroatoms. The first kappa shape index (κ1) is 15.0. The third kappa shape index (κ3) is 3.64. The van der Waals surface area contributed by atoms with Gasteiger partial charge in [0, 0.05) is 12.2 Å². The van der Waals surface area contributed by atoms with E-state index in [0.29, 0.717) is 12.2 Å². The largest absolute Gasteiger partial charge is 0.324 e. The molecule has 1 heterocycles. The summed E-state index contributed by atoms with van der Waals surface area (Å²) in [4.78, 5) is 16.3. The average Bonchev–Trinajstić information content (AvgIpc) is 2.92. The van der Waals surface area contributed by atoms with Gasteiger partial charge < -0.3 is 5.32 Å². The van der Waals surface area contributed by atoms with E-state index in [-0.39, 0.29) is 11.6 Å². The molecule has 0 aliphatic rings. The quantitative estimate of drug-likeness (QED) is 0.697. The molecule has 3 aromatic rings. The Morgan fingerprint density at radius 1 is 1.18 bits per heavy atom. The van der Waals surface area contributed by atoms with Crippen LogP contribution < -0.4 is 5.32 Å². The van der Waals surface area contributed by atoms with Gasteiger partial charge in [0.05, 0.1) is 15.9 Å². The summed E-state index contributed by atoms with van der Waals surface area (Å²) >= 11 is 3.16. The molecule has 112 valence electrons. The number of carbonyl (C=O) groups excluding carboxylic acids is 1. The molecule has 0 fully saturated rings. The summed E-state index contributed by atoms with van der Waals surface area (Å²) in [6.07, 6.45) is 0.314. The van der Waals surface area contributed by atoms with E-state index in [9.17, 15) is 9.18 Å². The van der Waals surface area contributed by atoms with E-state index in [1.165, 1.54) is 6.07 Å². The molecular weight excluding hydrogens is 319 g/mol. The number of halogens is 1. The molecule has 0 saturated heterocycles. The summed E-state index contributed by atoms with van der Waals surface area (Å²) < 4.78 is 15.5. The van der Waals surface area contributed by atoms with Crippen molar-refractivity contribution in [1.82, 2.24) is 4.98 Å². The van der Waals surface area contributed by atoms with E-state index in [0.717, 1.165) is 14.6 Å². The highest BCUT2D eigenvalue weighted by molar-refractivity contribution is 8.01. The Morgan fingerprint density at radius 3 is 2.77 bits per heavy atom. The maximum Gasteiger partial charge on any atom is 0.225 e. The Hall–Kier alpha value is -1.92. The molecule has 22 heavy (non-hydrogen) atoms. The molecule has 0 aliphatic heterocycles. The van der Waals surface area contributed by atoms with Gasteiger partial charge in [0.15, 0.2) is 4.34 Å². The van der Waals surface area contributed by atoms with Crippen molar-refractivity contribution >= 4 is 44.9 Å². The van der Waals surface area contributed by atoms with E-state index in [1.54, 1.807) is 41.3 Å². The first-order valence-corrected chi connectivity index (χ1v) is 8.55. The monoisotopic (exact) mass is 332 g/mol. The fourth-order valence-corrected chi connectivity index (χ4v) is 4.00. The lowest BCUT2D eigenvalue weighted by atomic mass is 10.3. The van der Waals surface area contributed by atoms with Crippen molar-refractivity contribution < 1.29 is 9.18 Å². The van der Waals surface area contributed by atoms with E-state index >= 15 is 0 Å². The topological polar surface area (TPSA) is 42.0 Å². The summed E-state index contributed by atoms with van der Waals surface area (Å²) in [5.41, 5.74) is 1.20. The number of anilines is 1. The number of aromatic nitrogens is 1. The molecular formula is C16H13FN2OS2. The molecule has 1 aromatic heterocycles. The molecule has 0 saturated carbocycles. The van der Waals surface area contributed by atoms with Crippen molar-refractivity contribution in [3.05, 3.63) is 54.3 Å². The van der Waals surface area contributed by atoms with Crippen LogP contribution >= 0.6 is 23.1 Å². The van der Waals surface area contributed by atoms with Crippen molar-refractivity contribution in [2.45, 2.75) is 10.8 Å². The molecule has 0 atom stereocenters. The lowest BCUT2D eigenvalue weighted by molar-refractivity contribution is -0.115. The molecule has 0 radical (unpaired) electrons. The normalized spacial score (nSPS) is 10.8. The standard InChI is InChI=1S/C16H13FN2OS2/c17-11-5-1-2-6-12(11)18-15(20)9-10-21-16-19-13-7-3-4-8-14(13)22-16/h1-8H,9-10H2,(H,18,20). The number of fused-ring (bicyclic) bond motifs is 1. The number of thioether (sulfide) groups is 1. The SMILES string of the molecule is O=C(CCSc1nc2ccccc2s1)Nc1ccccc1F. The predicted molar refractivity (Wildman–Crippen MR) is 90.0 cm³/mol. The summed E-state index contributed by atoms with van der Waals surface area (Å²) in [6, 6.07) is 14.1. The molecule has 0 bridgehead atoms. The van der Waals surface area contributed by atoms with Gasteiger partial charge in [-0.05, 0) is 24.3 Å². The number of carbonyl (C=O) groups is 1. The van der Waals surface area contributed by atoms with Gasteiger partial charge in [0.2, 0.25) is 5.91 Å². The van der Waals surface area contributed by atoms with Gasteiger partial charge in [-0.3, -0.25) is 4.79 Å². The van der Waals surface area contributed by atoms with Crippen LogP contribution in [0, 0.1) is 5.82 Å². The van der Waals surface area contributed by atoms with E-state index in [2.05, 4.69) is 10.3 Å². The molecule has 3 rings (SSSR count). The molecule has 2 aromatic carbocycles. The Bertz CT molecular complexity index is 770. The number of amides is 1. The zero-order chi connectivity index (χ0) is 15.4. The third-order valence-electron chi connectivity index (χ3n) is 2.98. The second-order valence-electron chi connectivity index (χ2n) is 4.57. The number of para-hydroxylation sites is 2. The number of thiazole rings is 1. The first-order chi connectivity index (χ1) is 10.7. The van der Waals surface area contributed by atoms with Crippen molar-refractivity contribution in [3.63, 3.8) is 0 Å². The van der Waals surface area contributed by atoms with Gasteiger partial charge in [0.1, 0.15) is 5.82 Å². The van der Waals surface area contributed by atoms with Crippen LogP contribution in [0.25, 0.3) is 10.2 Å². The van der Waals surface area contributed by atoms with Gasteiger partial charge in [0.25, 0.3) is 0 Å². The van der Waals surface area contributed by atoms with Crippen LogP contribution in [0.5, 0.6) is 0 Å². The van der Waals surface area contributed by atoms with Gasteiger partial charge >= 0.3 is 0 Å². The Morgan fingerprint density at radius 2 is 1.95 bits per heavy atom. The van der Waals surface area contributed by atoms with Crippen molar-refractivity contribution in [2.75, 3.05) is 11.1 Å². The highest BCUT2D eigenvalue weighted by Gasteiger charge is 2.08. The maximum atomic E-state index is 13.4. The number of nitrogens with one attached hydrogen (secondary N) is 1. The van der Waals surface area contributed by atoms with Crippen LogP contribution in [0.1, 0.15) is 6.42 Å².